The van der Waals surface area contributed by atoms with E-state index in [2.05, 4.69) is 51.6 Å². The van der Waals surface area contributed by atoms with Crippen molar-refractivity contribution in [3.05, 3.63) is 101 Å². The zero-order chi connectivity index (χ0) is 21.6. The van der Waals surface area contributed by atoms with Gasteiger partial charge in [-0.3, -0.25) is 4.79 Å². The highest BCUT2D eigenvalue weighted by Crippen LogP contribution is 2.21. The molecular formula is C26H25N3O2. The van der Waals surface area contributed by atoms with Crippen LogP contribution in [-0.4, -0.2) is 23.3 Å². The average molecular weight is 412 g/mol. The second-order valence-electron chi connectivity index (χ2n) is 7.62. The molecule has 0 spiro atoms. The number of aryl methyl sites for hydroxylation is 2. The molecule has 0 aliphatic rings. The van der Waals surface area contributed by atoms with Gasteiger partial charge < -0.3 is 9.30 Å². The van der Waals surface area contributed by atoms with Crippen LogP contribution in [0.2, 0.25) is 0 Å². The van der Waals surface area contributed by atoms with Gasteiger partial charge in [-0.25, -0.2) is 5.43 Å². The second-order valence-corrected chi connectivity index (χ2v) is 7.62. The number of ether oxygens (including phenoxy) is 1. The molecule has 0 aliphatic carbocycles. The van der Waals surface area contributed by atoms with Crippen molar-refractivity contribution in [1.29, 1.82) is 0 Å². The lowest BCUT2D eigenvalue weighted by Gasteiger charge is -2.07. The summed E-state index contributed by atoms with van der Waals surface area (Å²) in [6.45, 7) is 4.68. The summed E-state index contributed by atoms with van der Waals surface area (Å²) < 4.78 is 7.77. The van der Waals surface area contributed by atoms with Crippen molar-refractivity contribution in [2.45, 2.75) is 20.4 Å². The van der Waals surface area contributed by atoms with Crippen molar-refractivity contribution in [3.63, 3.8) is 0 Å². The van der Waals surface area contributed by atoms with Gasteiger partial charge in [0.2, 0.25) is 0 Å². The smallest absolute Gasteiger partial charge is 0.277 e. The third-order valence-corrected chi connectivity index (χ3v) is 4.97. The third kappa shape index (κ3) is 5.20. The van der Waals surface area contributed by atoms with Gasteiger partial charge in [0.05, 0.1) is 6.21 Å². The Hall–Kier alpha value is -3.86. The minimum atomic E-state index is -0.302. The molecule has 3 aromatic carbocycles. The van der Waals surface area contributed by atoms with E-state index >= 15 is 0 Å². The summed E-state index contributed by atoms with van der Waals surface area (Å²) in [5, 5.41) is 5.23. The molecule has 31 heavy (non-hydrogen) atoms. The van der Waals surface area contributed by atoms with Crippen LogP contribution in [0, 0.1) is 13.8 Å². The number of hydrogen-bond donors (Lipinski definition) is 1. The van der Waals surface area contributed by atoms with E-state index in [-0.39, 0.29) is 12.5 Å². The van der Waals surface area contributed by atoms with E-state index in [1.807, 2.05) is 56.3 Å². The number of nitrogens with one attached hydrogen (secondary N) is 1. The molecule has 0 unspecified atom stereocenters. The summed E-state index contributed by atoms with van der Waals surface area (Å²) in [6, 6.07) is 24.4. The number of carbonyl (C=O) groups is 1. The minimum absolute atomic E-state index is 0.0873. The molecule has 0 aliphatic heterocycles. The van der Waals surface area contributed by atoms with Crippen LogP contribution in [0.5, 0.6) is 5.75 Å². The van der Waals surface area contributed by atoms with E-state index in [0.717, 1.165) is 34.1 Å². The number of fused-ring (bicyclic) bond motifs is 1. The largest absolute Gasteiger partial charge is 0.484 e. The van der Waals surface area contributed by atoms with E-state index in [4.69, 9.17) is 4.74 Å². The van der Waals surface area contributed by atoms with E-state index in [1.165, 1.54) is 5.56 Å². The fraction of sp³-hybridized carbons (Fsp3) is 0.154. The van der Waals surface area contributed by atoms with Crippen LogP contribution in [0.1, 0.15) is 22.3 Å². The summed E-state index contributed by atoms with van der Waals surface area (Å²) in [6.07, 6.45) is 3.73. The highest BCUT2D eigenvalue weighted by molar-refractivity contribution is 5.99. The number of benzene rings is 3. The molecule has 0 fully saturated rings. The summed E-state index contributed by atoms with van der Waals surface area (Å²) >= 11 is 0. The van der Waals surface area contributed by atoms with E-state index < -0.39 is 0 Å². The first-order valence-corrected chi connectivity index (χ1v) is 10.2. The van der Waals surface area contributed by atoms with Gasteiger partial charge in [-0.05, 0) is 48.7 Å². The first-order chi connectivity index (χ1) is 15.1. The van der Waals surface area contributed by atoms with Crippen LogP contribution < -0.4 is 10.2 Å². The number of amides is 1. The first kappa shape index (κ1) is 20.4. The van der Waals surface area contributed by atoms with Crippen LogP contribution in [0.15, 0.2) is 84.1 Å². The van der Waals surface area contributed by atoms with E-state index in [0.29, 0.717) is 5.75 Å². The maximum Gasteiger partial charge on any atom is 0.277 e. The van der Waals surface area contributed by atoms with Crippen molar-refractivity contribution in [3.8, 4) is 5.75 Å². The third-order valence-electron chi connectivity index (χ3n) is 4.97. The standard InChI is InChI=1S/C26H25N3O2/c1-19-12-20(2)14-23(13-19)31-18-26(30)28-27-15-22-17-29(16-21-8-4-3-5-9-21)25-11-7-6-10-24(22)25/h3-15,17H,16,18H2,1-2H3,(H,28,30). The van der Waals surface area contributed by atoms with Gasteiger partial charge in [-0.2, -0.15) is 5.10 Å². The number of hydrogen-bond acceptors (Lipinski definition) is 3. The number of aromatic nitrogens is 1. The van der Waals surface area contributed by atoms with Crippen molar-refractivity contribution in [1.82, 2.24) is 9.99 Å². The van der Waals surface area contributed by atoms with Gasteiger partial charge in [0.1, 0.15) is 5.75 Å². The fourth-order valence-corrected chi connectivity index (χ4v) is 3.66. The molecule has 4 rings (SSSR count). The normalized spacial score (nSPS) is 11.2. The maximum atomic E-state index is 12.1. The SMILES string of the molecule is Cc1cc(C)cc(OCC(=O)NN=Cc2cn(Cc3ccccc3)c3ccccc23)c1. The maximum absolute atomic E-state index is 12.1. The predicted molar refractivity (Wildman–Crippen MR) is 125 cm³/mol. The molecule has 5 nitrogen and oxygen atoms in total. The van der Waals surface area contributed by atoms with E-state index in [9.17, 15) is 4.79 Å². The lowest BCUT2D eigenvalue weighted by molar-refractivity contribution is -0.123. The molecule has 156 valence electrons. The summed E-state index contributed by atoms with van der Waals surface area (Å²) in [5.41, 5.74) is 8.04. The molecule has 4 aromatic rings. The molecule has 0 bridgehead atoms. The summed E-state index contributed by atoms with van der Waals surface area (Å²) in [7, 11) is 0. The topological polar surface area (TPSA) is 55.6 Å². The number of para-hydroxylation sites is 1. The Morgan fingerprint density at radius 3 is 2.48 bits per heavy atom. The monoisotopic (exact) mass is 411 g/mol. The molecule has 0 atom stereocenters. The Morgan fingerprint density at radius 2 is 1.71 bits per heavy atom. The van der Waals surface area contributed by atoms with Gasteiger partial charge in [0.25, 0.3) is 5.91 Å². The summed E-state index contributed by atoms with van der Waals surface area (Å²) in [4.78, 5) is 12.1. The molecular weight excluding hydrogens is 386 g/mol. The average Bonchev–Trinajstić information content (AvgIpc) is 3.10. The van der Waals surface area contributed by atoms with Crippen molar-refractivity contribution in [2.75, 3.05) is 6.61 Å². The number of nitrogens with zero attached hydrogens (tertiary/aromatic N) is 2. The summed E-state index contributed by atoms with van der Waals surface area (Å²) in [5.74, 6) is 0.379. The van der Waals surface area contributed by atoms with Crippen LogP contribution in [-0.2, 0) is 11.3 Å². The minimum Gasteiger partial charge on any atom is -0.484 e. The molecule has 1 N–H and O–H groups in total. The number of carbonyl (C=O) groups excluding carboxylic acids is 1. The van der Waals surface area contributed by atoms with Gasteiger partial charge in [-0.1, -0.05) is 54.6 Å². The molecule has 1 heterocycles. The first-order valence-electron chi connectivity index (χ1n) is 10.2. The lowest BCUT2D eigenvalue weighted by Crippen LogP contribution is -2.24. The van der Waals surface area contributed by atoms with Crippen molar-refractivity contribution < 1.29 is 9.53 Å². The highest BCUT2D eigenvalue weighted by Gasteiger charge is 2.08. The zero-order valence-corrected chi connectivity index (χ0v) is 17.7. The van der Waals surface area contributed by atoms with Gasteiger partial charge in [0.15, 0.2) is 6.61 Å². The lowest BCUT2D eigenvalue weighted by atomic mass is 10.1. The van der Waals surface area contributed by atoms with Gasteiger partial charge in [-0.15, -0.1) is 0 Å². The Kier molecular flexibility index (Phi) is 6.13. The quantitative estimate of drug-likeness (QED) is 0.350. The van der Waals surface area contributed by atoms with Crippen LogP contribution in [0.3, 0.4) is 0 Å². The Balaban J connectivity index is 1.42. The Morgan fingerprint density at radius 1 is 1.00 bits per heavy atom. The molecule has 1 amide bonds. The Labute approximate surface area is 182 Å². The predicted octanol–water partition coefficient (Wildman–Crippen LogP) is 4.84. The van der Waals surface area contributed by atoms with Gasteiger partial charge in [0, 0.05) is 29.2 Å². The van der Waals surface area contributed by atoms with Crippen LogP contribution in [0.4, 0.5) is 0 Å². The second kappa shape index (κ2) is 9.30. The zero-order valence-electron chi connectivity index (χ0n) is 17.7. The molecule has 0 saturated heterocycles. The molecule has 5 heteroatoms. The molecule has 0 saturated carbocycles. The fourth-order valence-electron chi connectivity index (χ4n) is 3.66. The highest BCUT2D eigenvalue weighted by atomic mass is 16.5. The van der Waals surface area contributed by atoms with Crippen molar-refractivity contribution >= 4 is 23.0 Å². The van der Waals surface area contributed by atoms with Crippen LogP contribution in [0.25, 0.3) is 10.9 Å². The molecule has 1 aromatic heterocycles. The number of hydrazone groups is 1. The Bertz CT molecular complexity index is 1210. The van der Waals surface area contributed by atoms with Crippen LogP contribution >= 0.6 is 0 Å². The van der Waals surface area contributed by atoms with Crippen molar-refractivity contribution in [2.24, 2.45) is 5.10 Å². The number of rotatable bonds is 7. The molecule has 0 radical (unpaired) electrons. The van der Waals surface area contributed by atoms with E-state index in [1.54, 1.807) is 6.21 Å². The van der Waals surface area contributed by atoms with Gasteiger partial charge >= 0.3 is 0 Å².